The molecule has 0 amide bonds. The molecule has 1 aromatic carbocycles. The molecule has 2 atom stereocenters. The SMILES string of the molecule is CN=C(NCC1CCOC1c1ccccc1)NC1CC=CC1. The Bertz CT molecular complexity index is 518. The summed E-state index contributed by atoms with van der Waals surface area (Å²) in [4.78, 5) is 4.34. The lowest BCUT2D eigenvalue weighted by Crippen LogP contribution is -2.44. The van der Waals surface area contributed by atoms with Crippen molar-refractivity contribution in [1.82, 2.24) is 10.6 Å². The maximum atomic E-state index is 5.94. The van der Waals surface area contributed by atoms with Crippen molar-refractivity contribution in [2.75, 3.05) is 20.2 Å². The van der Waals surface area contributed by atoms with Crippen LogP contribution in [-0.4, -0.2) is 32.2 Å². The van der Waals surface area contributed by atoms with Gasteiger partial charge in [0, 0.05) is 32.2 Å². The topological polar surface area (TPSA) is 45.7 Å². The van der Waals surface area contributed by atoms with E-state index in [9.17, 15) is 0 Å². The molecule has 0 radical (unpaired) electrons. The minimum atomic E-state index is 0.194. The molecule has 0 saturated carbocycles. The summed E-state index contributed by atoms with van der Waals surface area (Å²) in [5, 5.41) is 6.95. The number of aliphatic imine (C=N–C) groups is 1. The van der Waals surface area contributed by atoms with E-state index in [-0.39, 0.29) is 6.10 Å². The van der Waals surface area contributed by atoms with E-state index in [0.717, 1.165) is 38.4 Å². The Morgan fingerprint density at radius 2 is 2.00 bits per heavy atom. The maximum Gasteiger partial charge on any atom is 0.191 e. The van der Waals surface area contributed by atoms with Gasteiger partial charge < -0.3 is 15.4 Å². The predicted octanol–water partition coefficient (Wildman–Crippen LogP) is 2.65. The molecule has 22 heavy (non-hydrogen) atoms. The van der Waals surface area contributed by atoms with Crippen molar-refractivity contribution in [3.05, 3.63) is 48.0 Å². The molecule has 0 bridgehead atoms. The van der Waals surface area contributed by atoms with Crippen molar-refractivity contribution in [2.45, 2.75) is 31.4 Å². The van der Waals surface area contributed by atoms with Crippen LogP contribution in [0.1, 0.15) is 30.9 Å². The average molecular weight is 299 g/mol. The van der Waals surface area contributed by atoms with Gasteiger partial charge in [0.15, 0.2) is 5.96 Å². The van der Waals surface area contributed by atoms with Gasteiger partial charge in [-0.05, 0) is 24.8 Å². The summed E-state index contributed by atoms with van der Waals surface area (Å²) in [5.41, 5.74) is 1.27. The van der Waals surface area contributed by atoms with Gasteiger partial charge in [-0.2, -0.15) is 0 Å². The zero-order valence-electron chi connectivity index (χ0n) is 13.2. The van der Waals surface area contributed by atoms with Gasteiger partial charge in [0.2, 0.25) is 0 Å². The molecular weight excluding hydrogens is 274 g/mol. The average Bonchev–Trinajstić information content (AvgIpc) is 3.23. The number of rotatable bonds is 4. The first-order valence-corrected chi connectivity index (χ1v) is 8.15. The fraction of sp³-hybridized carbons (Fsp3) is 0.500. The highest BCUT2D eigenvalue weighted by Gasteiger charge is 2.29. The number of nitrogens with zero attached hydrogens (tertiary/aromatic N) is 1. The Morgan fingerprint density at radius 1 is 1.23 bits per heavy atom. The van der Waals surface area contributed by atoms with Gasteiger partial charge >= 0.3 is 0 Å². The summed E-state index contributed by atoms with van der Waals surface area (Å²) in [5.74, 6) is 1.38. The Hall–Kier alpha value is -1.81. The lowest BCUT2D eigenvalue weighted by molar-refractivity contribution is 0.0915. The Labute approximate surface area is 132 Å². The lowest BCUT2D eigenvalue weighted by atomic mass is 9.95. The highest BCUT2D eigenvalue weighted by Crippen LogP contribution is 2.33. The van der Waals surface area contributed by atoms with Crippen molar-refractivity contribution in [2.24, 2.45) is 10.9 Å². The summed E-state index contributed by atoms with van der Waals surface area (Å²) < 4.78 is 5.94. The number of ether oxygens (including phenoxy) is 1. The van der Waals surface area contributed by atoms with Crippen molar-refractivity contribution in [1.29, 1.82) is 0 Å². The van der Waals surface area contributed by atoms with Crippen LogP contribution >= 0.6 is 0 Å². The zero-order chi connectivity index (χ0) is 15.2. The van der Waals surface area contributed by atoms with Crippen LogP contribution in [0.3, 0.4) is 0 Å². The second-order valence-electron chi connectivity index (χ2n) is 5.99. The van der Waals surface area contributed by atoms with Crippen LogP contribution < -0.4 is 10.6 Å². The molecule has 1 aliphatic carbocycles. The monoisotopic (exact) mass is 299 g/mol. The van der Waals surface area contributed by atoms with E-state index in [2.05, 4.69) is 52.0 Å². The first kappa shape index (κ1) is 15.1. The summed E-state index contributed by atoms with van der Waals surface area (Å²) in [7, 11) is 1.83. The normalized spacial score (nSPS) is 25.6. The molecule has 4 nitrogen and oxygen atoms in total. The van der Waals surface area contributed by atoms with Gasteiger partial charge in [0.1, 0.15) is 0 Å². The van der Waals surface area contributed by atoms with E-state index in [1.54, 1.807) is 0 Å². The van der Waals surface area contributed by atoms with Crippen LogP contribution in [0.4, 0.5) is 0 Å². The van der Waals surface area contributed by atoms with Gasteiger partial charge in [-0.15, -0.1) is 0 Å². The number of hydrogen-bond acceptors (Lipinski definition) is 2. The van der Waals surface area contributed by atoms with Crippen molar-refractivity contribution in [3.63, 3.8) is 0 Å². The molecule has 2 N–H and O–H groups in total. The third kappa shape index (κ3) is 3.69. The molecule has 1 aliphatic heterocycles. The Balaban J connectivity index is 1.53. The van der Waals surface area contributed by atoms with E-state index in [1.807, 2.05) is 13.1 Å². The third-order valence-corrected chi connectivity index (χ3v) is 4.45. The summed E-state index contributed by atoms with van der Waals surface area (Å²) >= 11 is 0. The van der Waals surface area contributed by atoms with Gasteiger partial charge in [0.05, 0.1) is 6.10 Å². The standard InChI is InChI=1S/C18H25N3O/c1-19-18(21-16-9-5-6-10-16)20-13-15-11-12-22-17(15)14-7-3-2-4-8-14/h2-8,15-17H,9-13H2,1H3,(H2,19,20,21). The lowest BCUT2D eigenvalue weighted by Gasteiger charge is -2.22. The van der Waals surface area contributed by atoms with Gasteiger partial charge in [0.25, 0.3) is 0 Å². The van der Waals surface area contributed by atoms with Crippen LogP contribution in [0.15, 0.2) is 47.5 Å². The molecular formula is C18H25N3O. The quantitative estimate of drug-likeness (QED) is 0.510. The predicted molar refractivity (Wildman–Crippen MR) is 89.9 cm³/mol. The number of benzene rings is 1. The number of hydrogen-bond donors (Lipinski definition) is 2. The molecule has 4 heteroatoms. The van der Waals surface area contributed by atoms with E-state index >= 15 is 0 Å². The zero-order valence-corrected chi connectivity index (χ0v) is 13.2. The van der Waals surface area contributed by atoms with Crippen LogP contribution in [0.25, 0.3) is 0 Å². The molecule has 1 fully saturated rings. The second-order valence-corrected chi connectivity index (χ2v) is 5.99. The first-order valence-electron chi connectivity index (χ1n) is 8.15. The molecule has 0 aromatic heterocycles. The first-order chi connectivity index (χ1) is 10.9. The molecule has 2 aliphatic rings. The van der Waals surface area contributed by atoms with Crippen molar-refractivity contribution < 1.29 is 4.74 Å². The Kier molecular flexibility index (Phi) is 5.11. The van der Waals surface area contributed by atoms with Crippen molar-refractivity contribution in [3.8, 4) is 0 Å². The minimum Gasteiger partial charge on any atom is -0.373 e. The van der Waals surface area contributed by atoms with Gasteiger partial charge in [-0.3, -0.25) is 4.99 Å². The summed E-state index contributed by atoms with van der Waals surface area (Å²) in [6.07, 6.45) is 7.90. The van der Waals surface area contributed by atoms with Crippen LogP contribution in [0, 0.1) is 5.92 Å². The fourth-order valence-corrected chi connectivity index (χ4v) is 3.20. The molecule has 3 rings (SSSR count). The minimum absolute atomic E-state index is 0.194. The largest absolute Gasteiger partial charge is 0.373 e. The highest BCUT2D eigenvalue weighted by atomic mass is 16.5. The summed E-state index contributed by atoms with van der Waals surface area (Å²) in [6.45, 7) is 1.73. The third-order valence-electron chi connectivity index (χ3n) is 4.45. The van der Waals surface area contributed by atoms with Gasteiger partial charge in [-0.25, -0.2) is 0 Å². The number of nitrogens with one attached hydrogen (secondary N) is 2. The Morgan fingerprint density at radius 3 is 2.73 bits per heavy atom. The number of guanidine groups is 1. The van der Waals surface area contributed by atoms with E-state index in [1.165, 1.54) is 5.56 Å². The molecule has 1 saturated heterocycles. The molecule has 0 spiro atoms. The molecule has 1 aromatic rings. The maximum absolute atomic E-state index is 5.94. The fourth-order valence-electron chi connectivity index (χ4n) is 3.20. The smallest absolute Gasteiger partial charge is 0.191 e. The van der Waals surface area contributed by atoms with E-state index in [0.29, 0.717) is 12.0 Å². The van der Waals surface area contributed by atoms with E-state index < -0.39 is 0 Å². The van der Waals surface area contributed by atoms with Crippen LogP contribution in [-0.2, 0) is 4.74 Å². The molecule has 1 heterocycles. The van der Waals surface area contributed by atoms with Crippen molar-refractivity contribution >= 4 is 5.96 Å². The highest BCUT2D eigenvalue weighted by molar-refractivity contribution is 5.80. The molecule has 2 unspecified atom stereocenters. The molecule has 118 valence electrons. The summed E-state index contributed by atoms with van der Waals surface area (Å²) in [6, 6.07) is 11.0. The van der Waals surface area contributed by atoms with Crippen LogP contribution in [0.5, 0.6) is 0 Å². The second kappa shape index (κ2) is 7.45. The van der Waals surface area contributed by atoms with Crippen LogP contribution in [0.2, 0.25) is 0 Å². The van der Waals surface area contributed by atoms with Gasteiger partial charge in [-0.1, -0.05) is 42.5 Å². The van der Waals surface area contributed by atoms with E-state index in [4.69, 9.17) is 4.74 Å².